The van der Waals surface area contributed by atoms with E-state index in [0.717, 1.165) is 0 Å². The third-order valence-electron chi connectivity index (χ3n) is 1.39. The van der Waals surface area contributed by atoms with Gasteiger partial charge in [0.25, 0.3) is 0 Å². The van der Waals surface area contributed by atoms with Crippen LogP contribution in [0.15, 0.2) is 0 Å². The number of rotatable bonds is 5. The number of carbonyl (C=O) groups is 1. The van der Waals surface area contributed by atoms with E-state index in [9.17, 15) is 26.7 Å². The summed E-state index contributed by atoms with van der Waals surface area (Å²) in [4.78, 5) is 10.3. The summed E-state index contributed by atoms with van der Waals surface area (Å²) in [5.74, 6) is -4.85. The van der Waals surface area contributed by atoms with Gasteiger partial charge in [-0.2, -0.15) is 8.78 Å². The van der Waals surface area contributed by atoms with Crippen molar-refractivity contribution in [2.75, 3.05) is 5.75 Å². The van der Waals surface area contributed by atoms with Crippen LogP contribution < -0.4 is 0 Å². The molecule has 84 valence electrons. The molecule has 7 heteroatoms. The summed E-state index contributed by atoms with van der Waals surface area (Å²) in [7, 11) is 0. The molecule has 0 saturated carbocycles. The SMILES string of the molecule is CC(=O)SCCC(F)C(F)(F)C(F)F. The van der Waals surface area contributed by atoms with Gasteiger partial charge in [-0.15, -0.1) is 0 Å². The lowest BCUT2D eigenvalue weighted by Crippen LogP contribution is -2.37. The van der Waals surface area contributed by atoms with E-state index >= 15 is 0 Å². The fourth-order valence-electron chi connectivity index (χ4n) is 0.635. The van der Waals surface area contributed by atoms with Crippen LogP contribution in [0.2, 0.25) is 0 Å². The zero-order valence-corrected chi connectivity index (χ0v) is 8.09. The van der Waals surface area contributed by atoms with Crippen molar-refractivity contribution in [1.29, 1.82) is 0 Å². The minimum atomic E-state index is -4.63. The molecule has 0 aromatic heterocycles. The maximum absolute atomic E-state index is 12.5. The summed E-state index contributed by atoms with van der Waals surface area (Å²) < 4.78 is 60.2. The number of hydrogen-bond acceptors (Lipinski definition) is 2. The van der Waals surface area contributed by atoms with Gasteiger partial charge in [-0.05, 0) is 6.42 Å². The van der Waals surface area contributed by atoms with Gasteiger partial charge in [0.15, 0.2) is 11.3 Å². The van der Waals surface area contributed by atoms with E-state index in [1.807, 2.05) is 0 Å². The molecule has 0 amide bonds. The van der Waals surface area contributed by atoms with E-state index in [0.29, 0.717) is 11.8 Å². The number of halogens is 5. The molecule has 0 fully saturated rings. The Morgan fingerprint density at radius 1 is 1.36 bits per heavy atom. The molecule has 0 aromatic carbocycles. The van der Waals surface area contributed by atoms with Crippen LogP contribution in [0.5, 0.6) is 0 Å². The van der Waals surface area contributed by atoms with Crippen LogP contribution >= 0.6 is 11.8 Å². The maximum atomic E-state index is 12.5. The van der Waals surface area contributed by atoms with Gasteiger partial charge >= 0.3 is 12.3 Å². The summed E-state index contributed by atoms with van der Waals surface area (Å²) in [6.07, 6.45) is -7.68. The Morgan fingerprint density at radius 2 is 1.86 bits per heavy atom. The highest BCUT2D eigenvalue weighted by Crippen LogP contribution is 2.31. The Morgan fingerprint density at radius 3 is 2.21 bits per heavy atom. The smallest absolute Gasteiger partial charge is 0.288 e. The van der Waals surface area contributed by atoms with Crippen molar-refractivity contribution in [3.8, 4) is 0 Å². The zero-order chi connectivity index (χ0) is 11.4. The second-order valence-electron chi connectivity index (χ2n) is 2.57. The number of carbonyl (C=O) groups excluding carboxylic acids is 1. The molecule has 0 aliphatic heterocycles. The molecule has 0 spiro atoms. The summed E-state index contributed by atoms with van der Waals surface area (Å²) in [6, 6.07) is 0. The molecule has 0 bridgehead atoms. The van der Waals surface area contributed by atoms with Gasteiger partial charge in [-0.1, -0.05) is 11.8 Å². The molecule has 1 unspecified atom stereocenters. The predicted molar refractivity (Wildman–Crippen MR) is 43.6 cm³/mol. The molecule has 1 atom stereocenters. The maximum Gasteiger partial charge on any atom is 0.337 e. The number of thioether (sulfide) groups is 1. The quantitative estimate of drug-likeness (QED) is 0.683. The van der Waals surface area contributed by atoms with E-state index in [2.05, 4.69) is 0 Å². The van der Waals surface area contributed by atoms with E-state index in [4.69, 9.17) is 0 Å². The van der Waals surface area contributed by atoms with Crippen molar-refractivity contribution < 1.29 is 26.7 Å². The topological polar surface area (TPSA) is 17.1 Å². The first-order valence-electron chi connectivity index (χ1n) is 3.72. The van der Waals surface area contributed by atoms with Gasteiger partial charge in [0, 0.05) is 12.7 Å². The van der Waals surface area contributed by atoms with Gasteiger partial charge < -0.3 is 0 Å². The van der Waals surface area contributed by atoms with Crippen molar-refractivity contribution in [1.82, 2.24) is 0 Å². The Bertz CT molecular complexity index is 197. The van der Waals surface area contributed by atoms with Crippen molar-refractivity contribution in [3.05, 3.63) is 0 Å². The Labute approximate surface area is 82.0 Å². The van der Waals surface area contributed by atoms with Crippen molar-refractivity contribution >= 4 is 16.9 Å². The van der Waals surface area contributed by atoms with Gasteiger partial charge in [-0.3, -0.25) is 4.79 Å². The first kappa shape index (κ1) is 13.7. The number of alkyl halides is 5. The molecule has 0 aliphatic rings. The molecule has 0 aromatic rings. The highest BCUT2D eigenvalue weighted by molar-refractivity contribution is 8.13. The molecule has 0 aliphatic carbocycles. The van der Waals surface area contributed by atoms with Crippen LogP contribution in [0.3, 0.4) is 0 Å². The Hall–Kier alpha value is -0.330. The van der Waals surface area contributed by atoms with Crippen LogP contribution in [0.1, 0.15) is 13.3 Å². The fourth-order valence-corrected chi connectivity index (χ4v) is 1.25. The Balaban J connectivity index is 3.95. The zero-order valence-electron chi connectivity index (χ0n) is 7.28. The van der Waals surface area contributed by atoms with Crippen LogP contribution in [0.4, 0.5) is 22.0 Å². The molecule has 0 N–H and O–H groups in total. The van der Waals surface area contributed by atoms with Crippen LogP contribution in [0, 0.1) is 0 Å². The summed E-state index contributed by atoms with van der Waals surface area (Å²) in [6.45, 7) is 1.18. The standard InChI is InChI=1S/C7H9F5OS/c1-4(13)14-3-2-5(8)7(11,12)6(9)10/h5-6H,2-3H2,1H3. The van der Waals surface area contributed by atoms with Gasteiger partial charge in [0.1, 0.15) is 0 Å². The van der Waals surface area contributed by atoms with Gasteiger partial charge in [0.05, 0.1) is 0 Å². The van der Waals surface area contributed by atoms with Crippen molar-refractivity contribution in [2.24, 2.45) is 0 Å². The van der Waals surface area contributed by atoms with Crippen LogP contribution in [-0.2, 0) is 4.79 Å². The van der Waals surface area contributed by atoms with E-state index in [-0.39, 0.29) is 10.9 Å². The highest BCUT2D eigenvalue weighted by atomic mass is 32.2. The minimum absolute atomic E-state index is 0.223. The van der Waals surface area contributed by atoms with Crippen molar-refractivity contribution in [3.63, 3.8) is 0 Å². The van der Waals surface area contributed by atoms with E-state index < -0.39 is 24.9 Å². The summed E-state index contributed by atoms with van der Waals surface area (Å²) >= 11 is 0.630. The summed E-state index contributed by atoms with van der Waals surface area (Å²) in [5.41, 5.74) is 0. The summed E-state index contributed by atoms with van der Waals surface area (Å²) in [5, 5.41) is -0.363. The first-order valence-corrected chi connectivity index (χ1v) is 4.70. The second-order valence-corrected chi connectivity index (χ2v) is 3.84. The van der Waals surface area contributed by atoms with Gasteiger partial charge in [0.2, 0.25) is 0 Å². The monoisotopic (exact) mass is 236 g/mol. The first-order chi connectivity index (χ1) is 6.28. The molecular formula is C7H9F5OS. The number of hydrogen-bond donors (Lipinski definition) is 0. The molecule has 1 nitrogen and oxygen atoms in total. The molecule has 0 saturated heterocycles. The molecule has 0 radical (unpaired) electrons. The molecule has 0 rings (SSSR count). The lowest BCUT2D eigenvalue weighted by Gasteiger charge is -2.19. The largest absolute Gasteiger partial charge is 0.337 e. The van der Waals surface area contributed by atoms with Gasteiger partial charge in [-0.25, -0.2) is 13.2 Å². The minimum Gasteiger partial charge on any atom is -0.288 e. The highest BCUT2D eigenvalue weighted by Gasteiger charge is 2.48. The van der Waals surface area contributed by atoms with E-state index in [1.54, 1.807) is 0 Å². The normalized spacial score (nSPS) is 14.5. The van der Waals surface area contributed by atoms with Crippen LogP contribution in [0.25, 0.3) is 0 Å². The Kier molecular flexibility index (Phi) is 5.40. The predicted octanol–water partition coefficient (Wildman–Crippen LogP) is 2.89. The van der Waals surface area contributed by atoms with Crippen LogP contribution in [-0.4, -0.2) is 29.4 Å². The molecule has 14 heavy (non-hydrogen) atoms. The fraction of sp³-hybridized carbons (Fsp3) is 0.857. The average molecular weight is 236 g/mol. The second kappa shape index (κ2) is 5.53. The molecular weight excluding hydrogens is 227 g/mol. The lowest BCUT2D eigenvalue weighted by molar-refractivity contribution is -0.170. The molecule has 0 heterocycles. The van der Waals surface area contributed by atoms with Crippen molar-refractivity contribution in [2.45, 2.75) is 31.9 Å². The van der Waals surface area contributed by atoms with E-state index in [1.165, 1.54) is 6.92 Å². The average Bonchev–Trinajstić information content (AvgIpc) is 2.02. The lowest BCUT2D eigenvalue weighted by atomic mass is 10.2. The third kappa shape index (κ3) is 4.26. The third-order valence-corrected chi connectivity index (χ3v) is 2.23.